The van der Waals surface area contributed by atoms with Crippen LogP contribution in [0.15, 0.2) is 54.6 Å². The van der Waals surface area contributed by atoms with Crippen molar-refractivity contribution in [3.63, 3.8) is 0 Å². The Morgan fingerprint density at radius 3 is 2.38 bits per heavy atom. The minimum absolute atomic E-state index is 0. The van der Waals surface area contributed by atoms with Crippen molar-refractivity contribution in [1.29, 1.82) is 0 Å². The van der Waals surface area contributed by atoms with Crippen LogP contribution in [0.4, 0.5) is 4.39 Å². The van der Waals surface area contributed by atoms with Gasteiger partial charge < -0.3 is 11.1 Å². The van der Waals surface area contributed by atoms with Crippen molar-refractivity contribution in [2.24, 2.45) is 5.73 Å². The number of nitrogens with zero attached hydrogens (tertiary/aromatic N) is 1. The van der Waals surface area contributed by atoms with Crippen LogP contribution >= 0.6 is 24.8 Å². The van der Waals surface area contributed by atoms with E-state index < -0.39 is 0 Å². The van der Waals surface area contributed by atoms with E-state index in [1.54, 1.807) is 12.1 Å². The maximum Gasteiger partial charge on any atom is 0.252 e. The number of carbonyl (C=O) groups excluding carboxylic acids is 1. The molecule has 1 heterocycles. The van der Waals surface area contributed by atoms with Crippen molar-refractivity contribution in [2.75, 3.05) is 0 Å². The zero-order chi connectivity index (χ0) is 18.8. The Labute approximate surface area is 181 Å². The van der Waals surface area contributed by atoms with Gasteiger partial charge in [0.05, 0.1) is 16.8 Å². The first-order valence-corrected chi connectivity index (χ1v) is 9.32. The Bertz CT molecular complexity index is 976. The minimum Gasteiger partial charge on any atom is -0.349 e. The molecular weight excluding hydrogens is 412 g/mol. The summed E-state index contributed by atoms with van der Waals surface area (Å²) in [6, 6.07) is 16.1. The molecule has 4 rings (SSSR count). The number of hydrogen-bond acceptors (Lipinski definition) is 3. The highest BCUT2D eigenvalue weighted by atomic mass is 35.5. The second-order valence-corrected chi connectivity index (χ2v) is 7.17. The largest absolute Gasteiger partial charge is 0.349 e. The van der Waals surface area contributed by atoms with Crippen LogP contribution in [0.2, 0.25) is 0 Å². The molecule has 3 N–H and O–H groups in total. The lowest BCUT2D eigenvalue weighted by molar-refractivity contribution is 0.0927. The van der Waals surface area contributed by atoms with Crippen molar-refractivity contribution in [1.82, 2.24) is 10.3 Å². The van der Waals surface area contributed by atoms with E-state index in [0.717, 1.165) is 31.2 Å². The van der Waals surface area contributed by atoms with Gasteiger partial charge in [-0.3, -0.25) is 4.79 Å². The van der Waals surface area contributed by atoms with Gasteiger partial charge in [0.2, 0.25) is 0 Å². The number of pyridine rings is 1. The van der Waals surface area contributed by atoms with Gasteiger partial charge in [-0.1, -0.05) is 30.3 Å². The fourth-order valence-electron chi connectivity index (χ4n) is 3.67. The molecule has 1 aromatic heterocycles. The molecule has 0 atom stereocenters. The molecular formula is C22H24Cl2FN3O. The van der Waals surface area contributed by atoms with E-state index in [0.29, 0.717) is 22.2 Å². The lowest BCUT2D eigenvalue weighted by Gasteiger charge is -2.27. The first kappa shape index (κ1) is 23.1. The van der Waals surface area contributed by atoms with Crippen molar-refractivity contribution < 1.29 is 9.18 Å². The molecule has 7 heteroatoms. The molecule has 0 bridgehead atoms. The van der Waals surface area contributed by atoms with E-state index in [4.69, 9.17) is 5.73 Å². The number of halogens is 3. The molecule has 4 nitrogen and oxygen atoms in total. The van der Waals surface area contributed by atoms with E-state index in [-0.39, 0.29) is 48.6 Å². The Hall–Kier alpha value is -2.21. The summed E-state index contributed by atoms with van der Waals surface area (Å²) in [6.45, 7) is 0. The number of aromatic nitrogens is 1. The van der Waals surface area contributed by atoms with Gasteiger partial charge in [0.25, 0.3) is 5.91 Å². The molecule has 1 saturated carbocycles. The fourth-order valence-corrected chi connectivity index (χ4v) is 3.67. The normalized spacial score (nSPS) is 18.4. The first-order valence-electron chi connectivity index (χ1n) is 9.32. The maximum absolute atomic E-state index is 13.8. The van der Waals surface area contributed by atoms with Crippen LogP contribution in [0.25, 0.3) is 22.2 Å². The first-order chi connectivity index (χ1) is 13.1. The van der Waals surface area contributed by atoms with Crippen molar-refractivity contribution in [3.8, 4) is 11.3 Å². The van der Waals surface area contributed by atoms with Gasteiger partial charge >= 0.3 is 0 Å². The molecule has 1 amide bonds. The third kappa shape index (κ3) is 5.24. The highest BCUT2D eigenvalue weighted by Gasteiger charge is 2.22. The smallest absolute Gasteiger partial charge is 0.252 e. The average Bonchev–Trinajstić information content (AvgIpc) is 2.69. The third-order valence-corrected chi connectivity index (χ3v) is 5.19. The number of carbonyl (C=O) groups is 1. The number of nitrogens with one attached hydrogen (secondary N) is 1. The van der Waals surface area contributed by atoms with E-state index in [1.165, 1.54) is 12.1 Å². The zero-order valence-electron chi connectivity index (χ0n) is 15.8. The molecule has 1 aliphatic rings. The standard InChI is InChI=1S/C22H22FN3O.2ClH/c23-15-6-11-18-19(22(27)25-17-9-7-16(24)8-10-17)13-20(26-21(18)12-15)14-4-2-1-3-5-14;;/h1-6,11-13,16-17H,7-10,24H2,(H,25,27);2*1H. The van der Waals surface area contributed by atoms with Crippen LogP contribution in [0.1, 0.15) is 36.0 Å². The van der Waals surface area contributed by atoms with Crippen molar-refractivity contribution in [2.45, 2.75) is 37.8 Å². The summed E-state index contributed by atoms with van der Waals surface area (Å²) in [5.41, 5.74) is 8.50. The number of benzene rings is 2. The highest BCUT2D eigenvalue weighted by Crippen LogP contribution is 2.26. The summed E-state index contributed by atoms with van der Waals surface area (Å²) in [7, 11) is 0. The second kappa shape index (κ2) is 10.0. The van der Waals surface area contributed by atoms with E-state index >= 15 is 0 Å². The number of fused-ring (bicyclic) bond motifs is 1. The summed E-state index contributed by atoms with van der Waals surface area (Å²) in [6.07, 6.45) is 3.61. The van der Waals surface area contributed by atoms with E-state index in [2.05, 4.69) is 10.3 Å². The molecule has 3 aromatic rings. The molecule has 154 valence electrons. The summed E-state index contributed by atoms with van der Waals surface area (Å²) in [5, 5.41) is 3.78. The highest BCUT2D eigenvalue weighted by molar-refractivity contribution is 6.07. The van der Waals surface area contributed by atoms with E-state index in [9.17, 15) is 9.18 Å². The Balaban J connectivity index is 0.00000150. The summed E-state index contributed by atoms with van der Waals surface area (Å²) in [5.74, 6) is -0.514. The van der Waals surface area contributed by atoms with Gasteiger partial charge in [0.15, 0.2) is 0 Å². The molecule has 0 spiro atoms. The van der Waals surface area contributed by atoms with Crippen LogP contribution in [0, 0.1) is 5.82 Å². The monoisotopic (exact) mass is 435 g/mol. The molecule has 1 fully saturated rings. The van der Waals surface area contributed by atoms with Crippen LogP contribution < -0.4 is 11.1 Å². The quantitative estimate of drug-likeness (QED) is 0.615. The van der Waals surface area contributed by atoms with Crippen LogP contribution in [0.3, 0.4) is 0 Å². The Morgan fingerprint density at radius 1 is 1.00 bits per heavy atom. The zero-order valence-corrected chi connectivity index (χ0v) is 17.4. The second-order valence-electron chi connectivity index (χ2n) is 7.17. The number of hydrogen-bond donors (Lipinski definition) is 2. The van der Waals surface area contributed by atoms with Gasteiger partial charge in [-0.15, -0.1) is 24.8 Å². The molecule has 0 unspecified atom stereocenters. The SMILES string of the molecule is Cl.Cl.NC1CCC(NC(=O)c2cc(-c3ccccc3)nc3cc(F)ccc23)CC1. The van der Waals surface area contributed by atoms with Crippen LogP contribution in [-0.4, -0.2) is 23.0 Å². The fraction of sp³-hybridized carbons (Fsp3) is 0.273. The number of rotatable bonds is 3. The molecule has 0 radical (unpaired) electrons. The summed E-state index contributed by atoms with van der Waals surface area (Å²) >= 11 is 0. The van der Waals surface area contributed by atoms with E-state index in [1.807, 2.05) is 30.3 Å². The molecule has 0 aliphatic heterocycles. The lowest BCUT2D eigenvalue weighted by atomic mass is 9.91. The predicted molar refractivity (Wildman–Crippen MR) is 119 cm³/mol. The van der Waals surface area contributed by atoms with Crippen molar-refractivity contribution in [3.05, 3.63) is 66.0 Å². The topological polar surface area (TPSA) is 68.0 Å². The van der Waals surface area contributed by atoms with Gasteiger partial charge in [-0.25, -0.2) is 9.37 Å². The predicted octanol–water partition coefficient (Wildman–Crippen LogP) is 4.88. The average molecular weight is 436 g/mol. The van der Waals surface area contributed by atoms with Gasteiger partial charge in [-0.2, -0.15) is 0 Å². The Kier molecular flexibility index (Phi) is 7.96. The van der Waals surface area contributed by atoms with Crippen LogP contribution in [0.5, 0.6) is 0 Å². The minimum atomic E-state index is -0.368. The van der Waals surface area contributed by atoms with Gasteiger partial charge in [0.1, 0.15) is 5.82 Å². The number of nitrogens with two attached hydrogens (primary N) is 1. The molecule has 29 heavy (non-hydrogen) atoms. The molecule has 0 saturated heterocycles. The number of amides is 1. The lowest BCUT2D eigenvalue weighted by Crippen LogP contribution is -2.40. The van der Waals surface area contributed by atoms with Gasteiger partial charge in [-0.05, 0) is 43.9 Å². The molecule has 2 aromatic carbocycles. The summed E-state index contributed by atoms with van der Waals surface area (Å²) in [4.78, 5) is 17.6. The van der Waals surface area contributed by atoms with Crippen molar-refractivity contribution >= 4 is 41.6 Å². The maximum atomic E-state index is 13.8. The van der Waals surface area contributed by atoms with Crippen LogP contribution in [-0.2, 0) is 0 Å². The third-order valence-electron chi connectivity index (χ3n) is 5.19. The Morgan fingerprint density at radius 2 is 1.69 bits per heavy atom. The van der Waals surface area contributed by atoms with Gasteiger partial charge in [0, 0.05) is 29.1 Å². The summed E-state index contributed by atoms with van der Waals surface area (Å²) < 4.78 is 13.8. The molecule has 1 aliphatic carbocycles.